The maximum atomic E-state index is 12.8. The third-order valence-electron chi connectivity index (χ3n) is 3.77. The van der Waals surface area contributed by atoms with Crippen molar-refractivity contribution in [2.24, 2.45) is 0 Å². The number of nitrogens with one attached hydrogen (secondary N) is 2. The first-order chi connectivity index (χ1) is 10.2. The monoisotopic (exact) mass is 289 g/mol. The molecular weight excluding hydrogens is 266 g/mol. The average molecular weight is 289 g/mol. The van der Waals surface area contributed by atoms with Gasteiger partial charge in [0.05, 0.1) is 6.54 Å². The smallest absolute Gasteiger partial charge is 0.244 e. The van der Waals surface area contributed by atoms with Crippen molar-refractivity contribution in [1.29, 1.82) is 0 Å². The van der Waals surface area contributed by atoms with Crippen molar-refractivity contribution in [2.45, 2.75) is 25.8 Å². The van der Waals surface area contributed by atoms with Crippen molar-refractivity contribution in [3.8, 4) is 0 Å². The van der Waals surface area contributed by atoms with Gasteiger partial charge >= 0.3 is 0 Å². The Bertz CT molecular complexity index is 516. The fourth-order valence-electron chi connectivity index (χ4n) is 2.70. The first kappa shape index (κ1) is 15.5. The van der Waals surface area contributed by atoms with Gasteiger partial charge in [0.15, 0.2) is 0 Å². The highest BCUT2D eigenvalue weighted by molar-refractivity contribution is 5.88. The molecule has 1 aromatic carbocycles. The summed E-state index contributed by atoms with van der Waals surface area (Å²) >= 11 is 0. The second kappa shape index (κ2) is 7.22. The molecule has 1 aromatic rings. The molecule has 2 rings (SSSR count). The predicted octanol–water partition coefficient (Wildman–Crippen LogP) is 0.858. The van der Waals surface area contributed by atoms with E-state index in [1.165, 1.54) is 5.56 Å². The molecule has 1 aliphatic heterocycles. The van der Waals surface area contributed by atoms with Crippen LogP contribution in [-0.4, -0.2) is 43.4 Å². The average Bonchev–Trinajstić information content (AvgIpc) is 2.53. The van der Waals surface area contributed by atoms with Crippen LogP contribution in [0.15, 0.2) is 24.3 Å². The number of amides is 2. The lowest BCUT2D eigenvalue weighted by Crippen LogP contribution is -2.47. The Morgan fingerprint density at radius 2 is 2.14 bits per heavy atom. The number of rotatable bonds is 5. The molecule has 0 saturated heterocycles. The van der Waals surface area contributed by atoms with Gasteiger partial charge in [-0.3, -0.25) is 9.59 Å². The molecule has 1 aliphatic rings. The maximum Gasteiger partial charge on any atom is 0.244 e. The molecule has 21 heavy (non-hydrogen) atoms. The molecule has 0 fully saturated rings. The topological polar surface area (TPSA) is 61.4 Å². The van der Waals surface area contributed by atoms with Gasteiger partial charge in [0, 0.05) is 20.1 Å². The zero-order chi connectivity index (χ0) is 15.2. The third-order valence-corrected chi connectivity index (χ3v) is 3.77. The molecular formula is C16H23N3O2. The molecule has 1 unspecified atom stereocenters. The van der Waals surface area contributed by atoms with Gasteiger partial charge < -0.3 is 15.5 Å². The molecule has 0 saturated carbocycles. The normalized spacial score (nSPS) is 17.0. The van der Waals surface area contributed by atoms with E-state index in [4.69, 9.17) is 0 Å². The van der Waals surface area contributed by atoms with Gasteiger partial charge in [0.1, 0.15) is 6.04 Å². The summed E-state index contributed by atoms with van der Waals surface area (Å²) < 4.78 is 0. The quantitative estimate of drug-likeness (QED) is 0.845. The van der Waals surface area contributed by atoms with Crippen molar-refractivity contribution < 1.29 is 9.59 Å². The van der Waals surface area contributed by atoms with Crippen molar-refractivity contribution in [3.05, 3.63) is 35.4 Å². The summed E-state index contributed by atoms with van der Waals surface area (Å²) in [5.41, 5.74) is 2.25. The van der Waals surface area contributed by atoms with Crippen LogP contribution in [-0.2, 0) is 16.0 Å². The predicted molar refractivity (Wildman–Crippen MR) is 81.8 cm³/mol. The molecule has 0 radical (unpaired) electrons. The molecule has 0 aromatic heterocycles. The molecule has 0 aliphatic carbocycles. The first-order valence-corrected chi connectivity index (χ1v) is 7.48. The lowest BCUT2D eigenvalue weighted by atomic mass is 9.93. The van der Waals surface area contributed by atoms with E-state index in [0.29, 0.717) is 6.54 Å². The Morgan fingerprint density at radius 1 is 1.38 bits per heavy atom. The molecule has 5 heteroatoms. The largest absolute Gasteiger partial charge is 0.358 e. The summed E-state index contributed by atoms with van der Waals surface area (Å²) in [4.78, 5) is 26.0. The molecule has 1 atom stereocenters. The number of hydrogen-bond acceptors (Lipinski definition) is 3. The SMILES string of the molecule is CCCN(CC(=O)NC)C(=O)C1NCCc2ccccc21. The summed E-state index contributed by atoms with van der Waals surface area (Å²) in [6, 6.07) is 7.67. The Morgan fingerprint density at radius 3 is 2.86 bits per heavy atom. The van der Waals surface area contributed by atoms with Crippen LogP contribution >= 0.6 is 0 Å². The molecule has 1 heterocycles. The minimum Gasteiger partial charge on any atom is -0.358 e. The number of benzene rings is 1. The highest BCUT2D eigenvalue weighted by Gasteiger charge is 2.29. The zero-order valence-electron chi connectivity index (χ0n) is 12.7. The number of hydrogen-bond donors (Lipinski definition) is 2. The second-order valence-electron chi connectivity index (χ2n) is 5.27. The summed E-state index contributed by atoms with van der Waals surface area (Å²) in [6.45, 7) is 3.50. The third kappa shape index (κ3) is 3.61. The first-order valence-electron chi connectivity index (χ1n) is 7.48. The molecule has 5 nitrogen and oxygen atoms in total. The van der Waals surface area contributed by atoms with Crippen LogP contribution in [0.1, 0.15) is 30.5 Å². The Kier molecular flexibility index (Phi) is 5.33. The van der Waals surface area contributed by atoms with Gasteiger partial charge in [-0.15, -0.1) is 0 Å². The maximum absolute atomic E-state index is 12.8. The number of carbonyl (C=O) groups is 2. The van der Waals surface area contributed by atoms with Crippen LogP contribution in [0, 0.1) is 0 Å². The van der Waals surface area contributed by atoms with Crippen molar-refractivity contribution in [2.75, 3.05) is 26.7 Å². The van der Waals surface area contributed by atoms with Crippen LogP contribution in [0.4, 0.5) is 0 Å². The zero-order valence-corrected chi connectivity index (χ0v) is 12.7. The van der Waals surface area contributed by atoms with E-state index in [0.717, 1.165) is 24.9 Å². The molecule has 2 N–H and O–H groups in total. The molecule has 2 amide bonds. The summed E-state index contributed by atoms with van der Waals surface area (Å²) in [5.74, 6) is -0.159. The Balaban J connectivity index is 2.19. The number of likely N-dealkylation sites (N-methyl/N-ethyl adjacent to an activating group) is 1. The van der Waals surface area contributed by atoms with Crippen LogP contribution in [0.3, 0.4) is 0 Å². The Labute approximate surface area is 125 Å². The Hall–Kier alpha value is -1.88. The van der Waals surface area contributed by atoms with Gasteiger partial charge in [-0.2, -0.15) is 0 Å². The fourth-order valence-corrected chi connectivity index (χ4v) is 2.70. The van der Waals surface area contributed by atoms with E-state index >= 15 is 0 Å². The number of nitrogens with zero attached hydrogens (tertiary/aromatic N) is 1. The minimum atomic E-state index is -0.342. The summed E-state index contributed by atoms with van der Waals surface area (Å²) in [6.07, 6.45) is 1.76. The summed E-state index contributed by atoms with van der Waals surface area (Å²) in [5, 5.41) is 5.86. The molecule has 0 spiro atoms. The van der Waals surface area contributed by atoms with Gasteiger partial charge in [-0.25, -0.2) is 0 Å². The van der Waals surface area contributed by atoms with E-state index in [-0.39, 0.29) is 24.4 Å². The van der Waals surface area contributed by atoms with Gasteiger partial charge in [0.25, 0.3) is 0 Å². The van der Waals surface area contributed by atoms with Crippen LogP contribution in [0.25, 0.3) is 0 Å². The van der Waals surface area contributed by atoms with Crippen LogP contribution in [0.2, 0.25) is 0 Å². The van der Waals surface area contributed by atoms with Crippen LogP contribution in [0.5, 0.6) is 0 Å². The molecule has 0 bridgehead atoms. The van der Waals surface area contributed by atoms with E-state index in [2.05, 4.69) is 16.7 Å². The fraction of sp³-hybridized carbons (Fsp3) is 0.500. The van der Waals surface area contributed by atoms with Crippen molar-refractivity contribution in [1.82, 2.24) is 15.5 Å². The van der Waals surface area contributed by atoms with Gasteiger partial charge in [-0.1, -0.05) is 31.2 Å². The van der Waals surface area contributed by atoms with E-state index in [1.54, 1.807) is 11.9 Å². The van der Waals surface area contributed by atoms with E-state index in [9.17, 15) is 9.59 Å². The number of fused-ring (bicyclic) bond motifs is 1. The van der Waals surface area contributed by atoms with Crippen LogP contribution < -0.4 is 10.6 Å². The minimum absolute atomic E-state index is 0.0207. The lowest BCUT2D eigenvalue weighted by Gasteiger charge is -2.31. The highest BCUT2D eigenvalue weighted by Crippen LogP contribution is 2.24. The van der Waals surface area contributed by atoms with E-state index < -0.39 is 0 Å². The standard InChI is InChI=1S/C16H23N3O2/c1-3-10-19(11-14(20)17-2)16(21)15-13-7-5-4-6-12(13)8-9-18-15/h4-7,15,18H,3,8-11H2,1-2H3,(H,17,20). The number of carbonyl (C=O) groups excluding carboxylic acids is 2. The second-order valence-corrected chi connectivity index (χ2v) is 5.27. The van der Waals surface area contributed by atoms with Gasteiger partial charge in [0.2, 0.25) is 11.8 Å². The lowest BCUT2D eigenvalue weighted by molar-refractivity contribution is -0.138. The van der Waals surface area contributed by atoms with Gasteiger partial charge in [-0.05, 0) is 24.0 Å². The highest BCUT2D eigenvalue weighted by atomic mass is 16.2. The van der Waals surface area contributed by atoms with Crippen molar-refractivity contribution in [3.63, 3.8) is 0 Å². The molecule has 114 valence electrons. The summed E-state index contributed by atoms with van der Waals surface area (Å²) in [7, 11) is 1.59. The van der Waals surface area contributed by atoms with Crippen molar-refractivity contribution >= 4 is 11.8 Å². The van der Waals surface area contributed by atoms with E-state index in [1.807, 2.05) is 25.1 Å².